The fourth-order valence-electron chi connectivity index (χ4n) is 2.87. The molecule has 0 saturated heterocycles. The van der Waals surface area contributed by atoms with Gasteiger partial charge in [0.2, 0.25) is 0 Å². The van der Waals surface area contributed by atoms with Crippen molar-refractivity contribution in [1.29, 1.82) is 0 Å². The molecular formula is C14H22N4O2. The molecule has 3 N–H and O–H groups in total. The number of nitrogens with two attached hydrogens (primary N) is 1. The number of hydrogen-bond donors (Lipinski definition) is 2. The van der Waals surface area contributed by atoms with E-state index < -0.39 is 4.92 Å². The molecule has 1 saturated carbocycles. The Kier molecular flexibility index (Phi) is 4.79. The lowest BCUT2D eigenvalue weighted by Crippen LogP contribution is -2.27. The summed E-state index contributed by atoms with van der Waals surface area (Å²) in [7, 11) is 1.98. The van der Waals surface area contributed by atoms with Crippen LogP contribution in [0.15, 0.2) is 18.2 Å². The van der Waals surface area contributed by atoms with E-state index in [1.165, 1.54) is 38.2 Å². The fourth-order valence-corrected chi connectivity index (χ4v) is 2.87. The molecule has 0 radical (unpaired) electrons. The second kappa shape index (κ2) is 6.56. The van der Waals surface area contributed by atoms with Crippen molar-refractivity contribution in [3.8, 4) is 0 Å². The van der Waals surface area contributed by atoms with Crippen molar-refractivity contribution in [2.24, 2.45) is 11.8 Å². The van der Waals surface area contributed by atoms with Crippen molar-refractivity contribution in [1.82, 2.24) is 0 Å². The van der Waals surface area contributed by atoms with Gasteiger partial charge in [0, 0.05) is 31.4 Å². The minimum Gasteiger partial charge on any atom is -0.374 e. The van der Waals surface area contributed by atoms with Crippen molar-refractivity contribution in [3.05, 3.63) is 28.3 Å². The molecule has 6 heteroatoms. The Morgan fingerprint density at radius 1 is 1.35 bits per heavy atom. The number of nitro benzene ring substituents is 1. The predicted octanol–water partition coefficient (Wildman–Crippen LogP) is 2.90. The molecule has 20 heavy (non-hydrogen) atoms. The maximum Gasteiger partial charge on any atom is 0.273 e. The lowest BCUT2D eigenvalue weighted by Gasteiger charge is -2.28. The van der Waals surface area contributed by atoms with Gasteiger partial charge in [0.15, 0.2) is 0 Å². The van der Waals surface area contributed by atoms with Gasteiger partial charge in [-0.15, -0.1) is 0 Å². The van der Waals surface area contributed by atoms with Crippen LogP contribution in [0.3, 0.4) is 0 Å². The largest absolute Gasteiger partial charge is 0.374 e. The maximum atomic E-state index is 11.0. The summed E-state index contributed by atoms with van der Waals surface area (Å²) in [5.41, 5.74) is 3.94. The van der Waals surface area contributed by atoms with Gasteiger partial charge in [-0.05, 0) is 24.8 Å². The van der Waals surface area contributed by atoms with Crippen molar-refractivity contribution in [3.63, 3.8) is 0 Å². The number of nitrogens with zero attached hydrogens (tertiary/aromatic N) is 2. The number of hydrazine groups is 1. The topological polar surface area (TPSA) is 84.4 Å². The van der Waals surface area contributed by atoms with Gasteiger partial charge < -0.3 is 10.3 Å². The molecule has 0 unspecified atom stereocenters. The van der Waals surface area contributed by atoms with E-state index in [0.717, 1.165) is 12.2 Å². The number of non-ortho nitro benzene ring substituents is 1. The van der Waals surface area contributed by atoms with Crippen LogP contribution in [0.4, 0.5) is 17.1 Å². The van der Waals surface area contributed by atoms with Crippen molar-refractivity contribution >= 4 is 17.1 Å². The van der Waals surface area contributed by atoms with Crippen LogP contribution in [-0.4, -0.2) is 18.5 Å². The summed E-state index contributed by atoms with van der Waals surface area (Å²) in [5.74, 6) is 6.06. The minimum absolute atomic E-state index is 0.0611. The van der Waals surface area contributed by atoms with Gasteiger partial charge in [-0.1, -0.05) is 19.3 Å². The molecule has 0 spiro atoms. The number of hydrogen-bond acceptors (Lipinski definition) is 5. The van der Waals surface area contributed by atoms with Crippen LogP contribution >= 0.6 is 0 Å². The third-order valence-corrected chi connectivity index (χ3v) is 3.98. The van der Waals surface area contributed by atoms with E-state index in [-0.39, 0.29) is 5.69 Å². The van der Waals surface area contributed by atoms with Gasteiger partial charge >= 0.3 is 0 Å². The van der Waals surface area contributed by atoms with E-state index in [0.29, 0.717) is 11.6 Å². The Morgan fingerprint density at radius 3 is 2.65 bits per heavy atom. The van der Waals surface area contributed by atoms with Crippen LogP contribution in [0.1, 0.15) is 32.1 Å². The van der Waals surface area contributed by atoms with Gasteiger partial charge in [0.1, 0.15) is 0 Å². The normalized spacial score (nSPS) is 15.9. The lowest BCUT2D eigenvalue weighted by atomic mass is 9.89. The van der Waals surface area contributed by atoms with Crippen LogP contribution in [0, 0.1) is 16.0 Å². The predicted molar refractivity (Wildman–Crippen MR) is 80.8 cm³/mol. The number of rotatable bonds is 5. The van der Waals surface area contributed by atoms with E-state index in [2.05, 4.69) is 10.3 Å². The molecule has 0 atom stereocenters. The summed E-state index contributed by atoms with van der Waals surface area (Å²) in [6, 6.07) is 4.89. The standard InChI is InChI=1S/C14H22N4O2/c1-17(10-11-5-3-2-4-6-11)13-7-12(16-15)8-14(9-13)18(19)20/h7-9,11,16H,2-6,10,15H2,1H3. The summed E-state index contributed by atoms with van der Waals surface area (Å²) >= 11 is 0. The van der Waals surface area contributed by atoms with Gasteiger partial charge in [-0.25, -0.2) is 0 Å². The minimum atomic E-state index is -0.390. The first-order chi connectivity index (χ1) is 9.60. The molecule has 0 aromatic heterocycles. The monoisotopic (exact) mass is 278 g/mol. The quantitative estimate of drug-likeness (QED) is 0.491. The first kappa shape index (κ1) is 14.6. The summed E-state index contributed by atoms with van der Waals surface area (Å²) in [5, 5.41) is 11.0. The zero-order valence-corrected chi connectivity index (χ0v) is 11.8. The molecule has 1 aromatic rings. The Bertz CT molecular complexity index is 472. The highest BCUT2D eigenvalue weighted by atomic mass is 16.6. The molecule has 0 bridgehead atoms. The molecular weight excluding hydrogens is 256 g/mol. The molecule has 110 valence electrons. The number of benzene rings is 1. The average Bonchev–Trinajstić information content (AvgIpc) is 2.47. The molecule has 0 heterocycles. The highest BCUT2D eigenvalue weighted by Crippen LogP contribution is 2.29. The summed E-state index contributed by atoms with van der Waals surface area (Å²) in [6.45, 7) is 0.936. The van der Waals surface area contributed by atoms with E-state index in [1.54, 1.807) is 6.07 Å². The average molecular weight is 278 g/mol. The molecule has 1 aliphatic rings. The van der Waals surface area contributed by atoms with Gasteiger partial charge in [0.25, 0.3) is 5.69 Å². The van der Waals surface area contributed by atoms with E-state index in [9.17, 15) is 10.1 Å². The zero-order chi connectivity index (χ0) is 14.5. The number of nitrogens with one attached hydrogen (secondary N) is 1. The smallest absolute Gasteiger partial charge is 0.273 e. The molecule has 1 aromatic carbocycles. The van der Waals surface area contributed by atoms with Gasteiger partial charge in [-0.3, -0.25) is 16.0 Å². The Balaban J connectivity index is 2.13. The number of anilines is 2. The summed E-state index contributed by atoms with van der Waals surface area (Å²) in [4.78, 5) is 12.6. The third-order valence-electron chi connectivity index (χ3n) is 3.98. The molecule has 0 amide bonds. The molecule has 1 aliphatic carbocycles. The van der Waals surface area contributed by atoms with E-state index in [1.807, 2.05) is 13.1 Å². The zero-order valence-electron chi connectivity index (χ0n) is 11.8. The van der Waals surface area contributed by atoms with Gasteiger partial charge in [0.05, 0.1) is 10.6 Å². The van der Waals surface area contributed by atoms with Crippen LogP contribution in [0.2, 0.25) is 0 Å². The highest BCUT2D eigenvalue weighted by molar-refractivity contribution is 5.63. The molecule has 6 nitrogen and oxygen atoms in total. The van der Waals surface area contributed by atoms with Crippen LogP contribution in [0.25, 0.3) is 0 Å². The van der Waals surface area contributed by atoms with Crippen LogP contribution in [0.5, 0.6) is 0 Å². The van der Waals surface area contributed by atoms with E-state index in [4.69, 9.17) is 5.84 Å². The van der Waals surface area contributed by atoms with Crippen LogP contribution in [-0.2, 0) is 0 Å². The molecule has 2 rings (SSSR count). The third kappa shape index (κ3) is 3.60. The number of nitro groups is 1. The summed E-state index contributed by atoms with van der Waals surface area (Å²) < 4.78 is 0. The van der Waals surface area contributed by atoms with E-state index >= 15 is 0 Å². The molecule has 1 fully saturated rings. The van der Waals surface area contributed by atoms with Crippen molar-refractivity contribution in [2.75, 3.05) is 23.9 Å². The highest BCUT2D eigenvalue weighted by Gasteiger charge is 2.17. The van der Waals surface area contributed by atoms with Crippen molar-refractivity contribution in [2.45, 2.75) is 32.1 Å². The number of nitrogen functional groups attached to an aromatic ring is 1. The SMILES string of the molecule is CN(CC1CCCCC1)c1cc(NN)cc([N+](=O)[O-])c1. The van der Waals surface area contributed by atoms with Crippen LogP contribution < -0.4 is 16.2 Å². The first-order valence-corrected chi connectivity index (χ1v) is 7.07. The van der Waals surface area contributed by atoms with Crippen molar-refractivity contribution < 1.29 is 4.92 Å². The second-order valence-electron chi connectivity index (χ2n) is 5.52. The fraction of sp³-hybridized carbons (Fsp3) is 0.571. The molecule has 0 aliphatic heterocycles. The Morgan fingerprint density at radius 2 is 2.05 bits per heavy atom. The second-order valence-corrected chi connectivity index (χ2v) is 5.52. The summed E-state index contributed by atoms with van der Waals surface area (Å²) in [6.07, 6.45) is 6.42. The maximum absolute atomic E-state index is 11.0. The first-order valence-electron chi connectivity index (χ1n) is 7.07. The Hall–Kier alpha value is -1.82. The Labute approximate surface area is 119 Å². The lowest BCUT2D eigenvalue weighted by molar-refractivity contribution is -0.384. The van der Waals surface area contributed by atoms with Gasteiger partial charge in [-0.2, -0.15) is 0 Å².